The summed E-state index contributed by atoms with van der Waals surface area (Å²) in [6.07, 6.45) is -1.55. The van der Waals surface area contributed by atoms with Gasteiger partial charge in [-0.3, -0.25) is 10.2 Å². The number of hydrogen-bond acceptors (Lipinski definition) is 8. The maximum atomic E-state index is 13.5. The number of methoxy groups -OCH3 is 2. The highest BCUT2D eigenvalue weighted by atomic mass is 16.6. The molecule has 3 amide bonds. The number of aliphatic hydroxyl groups excluding tert-OH is 1. The molecule has 0 aliphatic rings. The van der Waals surface area contributed by atoms with Crippen molar-refractivity contribution in [3.63, 3.8) is 0 Å². The first-order valence-corrected chi connectivity index (χ1v) is 14.1. The molecule has 0 unspecified atom stereocenters. The molecule has 42 heavy (non-hydrogen) atoms. The summed E-state index contributed by atoms with van der Waals surface area (Å²) in [7, 11) is 2.81. The molecule has 0 spiro atoms. The molecule has 232 valence electrons. The molecule has 0 heterocycles. The van der Waals surface area contributed by atoms with E-state index in [9.17, 15) is 19.5 Å². The van der Waals surface area contributed by atoms with Crippen LogP contribution in [-0.4, -0.2) is 72.8 Å². The number of carbonyl (C=O) groups excluding carboxylic acids is 3. The van der Waals surface area contributed by atoms with Gasteiger partial charge in [0.1, 0.15) is 17.4 Å². The Balaban J connectivity index is 2.33. The molecule has 4 atom stereocenters. The maximum absolute atomic E-state index is 13.5. The Morgan fingerprint density at radius 1 is 0.929 bits per heavy atom. The monoisotopic (exact) mass is 586 g/mol. The summed E-state index contributed by atoms with van der Waals surface area (Å²) in [5.74, 6) is 0.0182. The first kappa shape index (κ1) is 34.4. The summed E-state index contributed by atoms with van der Waals surface area (Å²) in [4.78, 5) is 38.2. The van der Waals surface area contributed by atoms with Gasteiger partial charge in [-0.15, -0.1) is 0 Å². The standard InChI is InChI=1S/C31H46N4O7/c1-8-21(2)27(33-29(38)41-7)28(37)34-35(19-23-14-16-24(40-6)17-15-23)20-26(36)25(18-22-12-10-9-11-13-22)32-30(39)42-31(3,4)5/h9-17,21,25-27,36H,8,18-20H2,1-7H3,(H,32,39)(H,33,38)(H,34,37)/t21-,25-,26-,27-/m0/s1. The molecule has 0 aromatic heterocycles. The SMILES string of the molecule is CC[C@H](C)[C@H](NC(=O)OC)C(=O)NN(Cc1ccc(OC)cc1)C[C@H](O)[C@H](Cc1ccccc1)NC(=O)OC(C)(C)C. The number of hydrazine groups is 1. The van der Waals surface area contributed by atoms with E-state index in [1.54, 1.807) is 45.0 Å². The van der Waals surface area contributed by atoms with Gasteiger partial charge >= 0.3 is 12.2 Å². The van der Waals surface area contributed by atoms with E-state index in [4.69, 9.17) is 14.2 Å². The molecule has 0 saturated heterocycles. The number of hydrogen-bond donors (Lipinski definition) is 4. The van der Waals surface area contributed by atoms with Crippen molar-refractivity contribution in [3.05, 3.63) is 65.7 Å². The van der Waals surface area contributed by atoms with E-state index in [-0.39, 0.29) is 19.0 Å². The Hall–Kier alpha value is -3.83. The molecule has 11 heteroatoms. The van der Waals surface area contributed by atoms with Gasteiger partial charge in [-0.25, -0.2) is 14.6 Å². The second-order valence-electron chi connectivity index (χ2n) is 11.2. The van der Waals surface area contributed by atoms with Crippen LogP contribution in [0.5, 0.6) is 5.75 Å². The summed E-state index contributed by atoms with van der Waals surface area (Å²) in [5, 5.41) is 18.4. The molecule has 11 nitrogen and oxygen atoms in total. The predicted molar refractivity (Wildman–Crippen MR) is 160 cm³/mol. The number of amides is 3. The van der Waals surface area contributed by atoms with Gasteiger partial charge in [0.25, 0.3) is 5.91 Å². The van der Waals surface area contributed by atoms with Crippen LogP contribution >= 0.6 is 0 Å². The molecular formula is C31H46N4O7. The highest BCUT2D eigenvalue weighted by Crippen LogP contribution is 2.16. The number of rotatable bonds is 14. The van der Waals surface area contributed by atoms with Crippen LogP contribution in [0.4, 0.5) is 9.59 Å². The van der Waals surface area contributed by atoms with Crippen molar-refractivity contribution in [3.8, 4) is 5.75 Å². The van der Waals surface area contributed by atoms with Crippen LogP contribution in [-0.2, 0) is 27.2 Å². The third-order valence-electron chi connectivity index (χ3n) is 6.63. The fraction of sp³-hybridized carbons (Fsp3) is 0.516. The van der Waals surface area contributed by atoms with Crippen LogP contribution in [0.25, 0.3) is 0 Å². The molecule has 0 saturated carbocycles. The first-order chi connectivity index (χ1) is 19.8. The molecule has 2 rings (SSSR count). The maximum Gasteiger partial charge on any atom is 0.407 e. The zero-order valence-electron chi connectivity index (χ0n) is 25.7. The van der Waals surface area contributed by atoms with Crippen molar-refractivity contribution in [1.29, 1.82) is 0 Å². The third-order valence-corrected chi connectivity index (χ3v) is 6.63. The molecule has 0 radical (unpaired) electrons. The lowest BCUT2D eigenvalue weighted by Crippen LogP contribution is -2.57. The summed E-state index contributed by atoms with van der Waals surface area (Å²) in [5.41, 5.74) is 3.89. The van der Waals surface area contributed by atoms with E-state index in [1.165, 1.54) is 7.11 Å². The lowest BCUT2D eigenvalue weighted by molar-refractivity contribution is -0.130. The number of aliphatic hydroxyl groups is 1. The Labute approximate surface area is 248 Å². The highest BCUT2D eigenvalue weighted by Gasteiger charge is 2.31. The molecule has 0 aliphatic carbocycles. The van der Waals surface area contributed by atoms with Gasteiger partial charge in [-0.05, 0) is 56.4 Å². The number of carbonyl (C=O) groups is 3. The van der Waals surface area contributed by atoms with Crippen molar-refractivity contribution >= 4 is 18.1 Å². The zero-order chi connectivity index (χ0) is 31.3. The zero-order valence-corrected chi connectivity index (χ0v) is 25.7. The second kappa shape index (κ2) is 16.6. The number of alkyl carbamates (subject to hydrolysis) is 2. The van der Waals surface area contributed by atoms with Crippen molar-refractivity contribution < 1.29 is 33.7 Å². The Kier molecular flexibility index (Phi) is 13.6. The Morgan fingerprint density at radius 3 is 2.12 bits per heavy atom. The smallest absolute Gasteiger partial charge is 0.407 e. The minimum atomic E-state index is -1.12. The van der Waals surface area contributed by atoms with Crippen LogP contribution in [0.2, 0.25) is 0 Å². The van der Waals surface area contributed by atoms with E-state index in [0.29, 0.717) is 18.6 Å². The lowest BCUT2D eigenvalue weighted by Gasteiger charge is -2.32. The molecule has 0 aliphatic heterocycles. The quantitative estimate of drug-likeness (QED) is 0.245. The van der Waals surface area contributed by atoms with Gasteiger partial charge in [-0.1, -0.05) is 62.7 Å². The van der Waals surface area contributed by atoms with E-state index in [2.05, 4.69) is 16.1 Å². The number of ether oxygens (including phenoxy) is 3. The predicted octanol–water partition coefficient (Wildman–Crippen LogP) is 3.80. The Bertz CT molecular complexity index is 1120. The van der Waals surface area contributed by atoms with Crippen LogP contribution in [0.3, 0.4) is 0 Å². The molecule has 2 aromatic rings. The molecule has 2 aromatic carbocycles. The van der Waals surface area contributed by atoms with Crippen LogP contribution in [0, 0.1) is 5.92 Å². The highest BCUT2D eigenvalue weighted by molar-refractivity contribution is 5.85. The van der Waals surface area contributed by atoms with Crippen molar-refractivity contribution in [2.45, 2.75) is 77.8 Å². The van der Waals surface area contributed by atoms with E-state index < -0.39 is 41.9 Å². The van der Waals surface area contributed by atoms with Crippen LogP contribution in [0.15, 0.2) is 54.6 Å². The number of nitrogens with zero attached hydrogens (tertiary/aromatic N) is 1. The van der Waals surface area contributed by atoms with Crippen molar-refractivity contribution in [2.75, 3.05) is 20.8 Å². The normalized spacial score (nSPS) is 14.2. The third kappa shape index (κ3) is 12.0. The minimum Gasteiger partial charge on any atom is -0.497 e. The van der Waals surface area contributed by atoms with Gasteiger partial charge in [0.15, 0.2) is 0 Å². The lowest BCUT2D eigenvalue weighted by atomic mass is 9.98. The first-order valence-electron chi connectivity index (χ1n) is 14.1. The van der Waals surface area contributed by atoms with Gasteiger partial charge in [-0.2, -0.15) is 0 Å². The van der Waals surface area contributed by atoms with Gasteiger partial charge in [0.05, 0.1) is 26.4 Å². The summed E-state index contributed by atoms with van der Waals surface area (Å²) in [6, 6.07) is 15.1. The Morgan fingerprint density at radius 2 is 1.57 bits per heavy atom. The summed E-state index contributed by atoms with van der Waals surface area (Å²) in [6.45, 7) is 9.23. The van der Waals surface area contributed by atoms with Crippen LogP contribution < -0.4 is 20.8 Å². The average molecular weight is 587 g/mol. The van der Waals surface area contributed by atoms with E-state index in [0.717, 1.165) is 11.1 Å². The number of nitrogens with one attached hydrogen (secondary N) is 3. The second-order valence-corrected chi connectivity index (χ2v) is 11.2. The van der Waals surface area contributed by atoms with E-state index in [1.807, 2.05) is 56.3 Å². The number of benzene rings is 2. The topological polar surface area (TPSA) is 138 Å². The van der Waals surface area contributed by atoms with Crippen molar-refractivity contribution in [1.82, 2.24) is 21.1 Å². The molecule has 0 bridgehead atoms. The molecule has 4 N–H and O–H groups in total. The van der Waals surface area contributed by atoms with Gasteiger partial charge in [0.2, 0.25) is 0 Å². The fourth-order valence-electron chi connectivity index (χ4n) is 4.18. The summed E-state index contributed by atoms with van der Waals surface area (Å²) >= 11 is 0. The van der Waals surface area contributed by atoms with Crippen LogP contribution in [0.1, 0.15) is 52.2 Å². The average Bonchev–Trinajstić information content (AvgIpc) is 2.94. The largest absolute Gasteiger partial charge is 0.497 e. The van der Waals surface area contributed by atoms with E-state index >= 15 is 0 Å². The summed E-state index contributed by atoms with van der Waals surface area (Å²) < 4.78 is 15.4. The molecule has 0 fully saturated rings. The minimum absolute atomic E-state index is 0.0451. The molecular weight excluding hydrogens is 540 g/mol. The van der Waals surface area contributed by atoms with Gasteiger partial charge in [0, 0.05) is 13.1 Å². The van der Waals surface area contributed by atoms with Gasteiger partial charge < -0.3 is 30.0 Å². The van der Waals surface area contributed by atoms with Crippen molar-refractivity contribution in [2.24, 2.45) is 5.92 Å². The fourth-order valence-corrected chi connectivity index (χ4v) is 4.18.